The van der Waals surface area contributed by atoms with Gasteiger partial charge in [-0.05, 0) is 37.1 Å². The van der Waals surface area contributed by atoms with Crippen LogP contribution in [0.2, 0.25) is 0 Å². The van der Waals surface area contributed by atoms with E-state index in [9.17, 15) is 9.59 Å². The number of pyridine rings is 1. The van der Waals surface area contributed by atoms with E-state index in [0.29, 0.717) is 29.4 Å². The first-order valence-electron chi connectivity index (χ1n) is 9.27. The van der Waals surface area contributed by atoms with Gasteiger partial charge >= 0.3 is 0 Å². The van der Waals surface area contributed by atoms with Gasteiger partial charge < -0.3 is 14.8 Å². The number of piperazine rings is 1. The zero-order valence-electron chi connectivity index (χ0n) is 15.7. The Morgan fingerprint density at radius 1 is 0.926 bits per heavy atom. The smallest absolute Gasteiger partial charge is 0.256 e. The molecule has 0 unspecified atom stereocenters. The quantitative estimate of drug-likeness (QED) is 0.763. The van der Waals surface area contributed by atoms with Crippen molar-refractivity contribution < 1.29 is 4.79 Å². The highest BCUT2D eigenvalue weighted by Crippen LogP contribution is 2.24. The molecule has 2 heterocycles. The maximum absolute atomic E-state index is 13.1. The van der Waals surface area contributed by atoms with Gasteiger partial charge in [-0.15, -0.1) is 0 Å². The van der Waals surface area contributed by atoms with E-state index in [1.807, 2.05) is 23.1 Å². The van der Waals surface area contributed by atoms with Crippen molar-refractivity contribution in [3.05, 3.63) is 75.7 Å². The molecule has 138 valence electrons. The average molecular weight is 361 g/mol. The summed E-state index contributed by atoms with van der Waals surface area (Å²) in [4.78, 5) is 32.0. The molecule has 0 aliphatic carbocycles. The molecule has 5 heteroatoms. The number of amides is 1. The van der Waals surface area contributed by atoms with Crippen molar-refractivity contribution in [3.63, 3.8) is 0 Å². The third-order valence-corrected chi connectivity index (χ3v) is 5.52. The highest BCUT2D eigenvalue weighted by Gasteiger charge is 2.24. The normalized spacial score (nSPS) is 14.6. The molecule has 5 nitrogen and oxygen atoms in total. The Labute approximate surface area is 158 Å². The number of anilines is 1. The molecule has 1 amide bonds. The van der Waals surface area contributed by atoms with Crippen LogP contribution in [0.15, 0.2) is 53.5 Å². The topological polar surface area (TPSA) is 56.4 Å². The minimum absolute atomic E-state index is 0.0249. The van der Waals surface area contributed by atoms with E-state index in [1.54, 1.807) is 12.3 Å². The van der Waals surface area contributed by atoms with E-state index in [4.69, 9.17) is 0 Å². The van der Waals surface area contributed by atoms with Gasteiger partial charge in [-0.25, -0.2) is 0 Å². The summed E-state index contributed by atoms with van der Waals surface area (Å²) in [5, 5.41) is 1.26. The van der Waals surface area contributed by atoms with Crippen LogP contribution in [0.4, 0.5) is 5.69 Å². The predicted molar refractivity (Wildman–Crippen MR) is 109 cm³/mol. The molecule has 1 aliphatic rings. The van der Waals surface area contributed by atoms with E-state index in [0.717, 1.165) is 13.1 Å². The molecule has 1 aliphatic heterocycles. The third kappa shape index (κ3) is 3.10. The lowest BCUT2D eigenvalue weighted by molar-refractivity contribution is 0.0748. The number of nitrogens with zero attached hydrogens (tertiary/aromatic N) is 2. The molecular formula is C22H23N3O2. The predicted octanol–water partition coefficient (Wildman–Crippen LogP) is 3.11. The summed E-state index contributed by atoms with van der Waals surface area (Å²) in [6.07, 6.45) is 1.55. The van der Waals surface area contributed by atoms with Gasteiger partial charge in [-0.3, -0.25) is 9.59 Å². The highest BCUT2D eigenvalue weighted by molar-refractivity contribution is 6.06. The zero-order valence-corrected chi connectivity index (χ0v) is 15.7. The van der Waals surface area contributed by atoms with Gasteiger partial charge in [0.15, 0.2) is 0 Å². The number of aryl methyl sites for hydroxylation is 1. The summed E-state index contributed by atoms with van der Waals surface area (Å²) < 4.78 is 0. The Morgan fingerprint density at radius 3 is 2.37 bits per heavy atom. The van der Waals surface area contributed by atoms with Crippen LogP contribution >= 0.6 is 0 Å². The van der Waals surface area contributed by atoms with Crippen molar-refractivity contribution in [2.45, 2.75) is 13.8 Å². The van der Waals surface area contributed by atoms with Crippen LogP contribution in [-0.2, 0) is 0 Å². The molecule has 0 radical (unpaired) electrons. The van der Waals surface area contributed by atoms with Gasteiger partial charge in [0.25, 0.3) is 11.5 Å². The van der Waals surface area contributed by atoms with Crippen LogP contribution in [0.25, 0.3) is 10.8 Å². The van der Waals surface area contributed by atoms with Gasteiger partial charge in [-0.2, -0.15) is 0 Å². The molecule has 2 aromatic carbocycles. The second kappa shape index (κ2) is 6.91. The van der Waals surface area contributed by atoms with Gasteiger partial charge in [-0.1, -0.05) is 30.3 Å². The fraction of sp³-hybridized carbons (Fsp3) is 0.273. The second-order valence-electron chi connectivity index (χ2n) is 7.08. The largest absolute Gasteiger partial charge is 0.368 e. The minimum atomic E-state index is -0.165. The number of aromatic nitrogens is 1. The van der Waals surface area contributed by atoms with Crippen LogP contribution < -0.4 is 10.5 Å². The molecule has 0 saturated carbocycles. The Hall–Kier alpha value is -3.08. The number of carbonyl (C=O) groups excluding carboxylic acids is 1. The molecule has 0 atom stereocenters. The van der Waals surface area contributed by atoms with Crippen molar-refractivity contribution in [1.29, 1.82) is 0 Å². The number of H-pyrrole nitrogens is 1. The molecule has 1 fully saturated rings. The number of fused-ring (bicyclic) bond motifs is 1. The SMILES string of the molecule is Cc1cccc(N2CCN(C(=O)c3c[nH]c(=O)c4ccccc34)CC2)c1C. The van der Waals surface area contributed by atoms with Crippen molar-refractivity contribution in [3.8, 4) is 0 Å². The lowest BCUT2D eigenvalue weighted by atomic mass is 10.1. The number of carbonyl (C=O) groups is 1. The third-order valence-electron chi connectivity index (χ3n) is 5.52. The van der Waals surface area contributed by atoms with Crippen molar-refractivity contribution in [2.75, 3.05) is 31.1 Å². The van der Waals surface area contributed by atoms with Gasteiger partial charge in [0.1, 0.15) is 0 Å². The first kappa shape index (κ1) is 17.3. The lowest BCUT2D eigenvalue weighted by Gasteiger charge is -2.37. The van der Waals surface area contributed by atoms with Crippen LogP contribution in [0.5, 0.6) is 0 Å². The van der Waals surface area contributed by atoms with Crippen LogP contribution in [-0.4, -0.2) is 42.0 Å². The number of aromatic amines is 1. The summed E-state index contributed by atoms with van der Waals surface area (Å²) in [5.41, 5.74) is 4.22. The minimum Gasteiger partial charge on any atom is -0.368 e. The van der Waals surface area contributed by atoms with E-state index in [2.05, 4.69) is 41.9 Å². The Morgan fingerprint density at radius 2 is 1.63 bits per heavy atom. The van der Waals surface area contributed by atoms with Gasteiger partial charge in [0.05, 0.1) is 5.56 Å². The van der Waals surface area contributed by atoms with Crippen molar-refractivity contribution in [2.24, 2.45) is 0 Å². The Kier molecular flexibility index (Phi) is 4.44. The maximum Gasteiger partial charge on any atom is 0.256 e. The first-order valence-corrected chi connectivity index (χ1v) is 9.27. The summed E-state index contributed by atoms with van der Waals surface area (Å²) in [6, 6.07) is 13.6. The van der Waals surface area contributed by atoms with E-state index >= 15 is 0 Å². The molecule has 1 N–H and O–H groups in total. The molecule has 1 aromatic heterocycles. The molecule has 0 bridgehead atoms. The first-order chi connectivity index (χ1) is 13.1. The summed E-state index contributed by atoms with van der Waals surface area (Å²) in [6.45, 7) is 7.21. The van der Waals surface area contributed by atoms with Gasteiger partial charge in [0, 0.05) is 48.8 Å². The fourth-order valence-corrected chi connectivity index (χ4v) is 3.79. The molecule has 3 aromatic rings. The van der Waals surface area contributed by atoms with Crippen LogP contribution in [0.1, 0.15) is 21.5 Å². The fourth-order valence-electron chi connectivity index (χ4n) is 3.79. The number of hydrogen-bond donors (Lipinski definition) is 1. The molecule has 4 rings (SSSR count). The molecular weight excluding hydrogens is 338 g/mol. The monoisotopic (exact) mass is 361 g/mol. The van der Waals surface area contributed by atoms with E-state index in [1.165, 1.54) is 16.8 Å². The summed E-state index contributed by atoms with van der Waals surface area (Å²) in [5.74, 6) is -0.0249. The number of nitrogens with one attached hydrogen (secondary N) is 1. The number of benzene rings is 2. The molecule has 27 heavy (non-hydrogen) atoms. The Balaban J connectivity index is 1.55. The van der Waals surface area contributed by atoms with Gasteiger partial charge in [0.2, 0.25) is 0 Å². The highest BCUT2D eigenvalue weighted by atomic mass is 16.2. The standard InChI is InChI=1S/C22H23N3O2/c1-15-6-5-9-20(16(15)2)24-10-12-25(13-11-24)22(27)19-14-23-21(26)18-8-4-3-7-17(18)19/h3-9,14H,10-13H2,1-2H3,(H,23,26). The van der Waals surface area contributed by atoms with Crippen LogP contribution in [0, 0.1) is 13.8 Å². The Bertz CT molecular complexity index is 1060. The van der Waals surface area contributed by atoms with Crippen LogP contribution in [0.3, 0.4) is 0 Å². The average Bonchev–Trinajstić information content (AvgIpc) is 2.70. The second-order valence-corrected chi connectivity index (χ2v) is 7.08. The summed E-state index contributed by atoms with van der Waals surface area (Å²) >= 11 is 0. The number of hydrogen-bond acceptors (Lipinski definition) is 3. The number of rotatable bonds is 2. The lowest BCUT2D eigenvalue weighted by Crippen LogP contribution is -2.49. The van der Waals surface area contributed by atoms with E-state index < -0.39 is 0 Å². The maximum atomic E-state index is 13.1. The molecule has 1 saturated heterocycles. The summed E-state index contributed by atoms with van der Waals surface area (Å²) in [7, 11) is 0. The van der Waals surface area contributed by atoms with Crippen molar-refractivity contribution in [1.82, 2.24) is 9.88 Å². The van der Waals surface area contributed by atoms with Crippen molar-refractivity contribution >= 4 is 22.4 Å². The zero-order chi connectivity index (χ0) is 19.0. The van der Waals surface area contributed by atoms with E-state index in [-0.39, 0.29) is 11.5 Å². The molecule has 0 spiro atoms.